The molecule has 270 valence electrons. The second kappa shape index (κ2) is 18.8. The predicted octanol–water partition coefficient (Wildman–Crippen LogP) is 11.5. The largest absolute Gasteiger partial charge is 0.398 e. The summed E-state index contributed by atoms with van der Waals surface area (Å²) < 4.78 is 21.8. The van der Waals surface area contributed by atoms with E-state index in [0.29, 0.717) is 17.8 Å². The van der Waals surface area contributed by atoms with Crippen molar-refractivity contribution >= 4 is 29.9 Å². The summed E-state index contributed by atoms with van der Waals surface area (Å²) in [7, 11) is -3.03. The summed E-state index contributed by atoms with van der Waals surface area (Å²) >= 11 is 1.99. The van der Waals surface area contributed by atoms with Crippen LogP contribution in [0.1, 0.15) is 123 Å². The van der Waals surface area contributed by atoms with E-state index < -0.39 is 11.0 Å². The molecule has 49 heavy (non-hydrogen) atoms. The second-order valence-electron chi connectivity index (χ2n) is 15.3. The van der Waals surface area contributed by atoms with E-state index in [2.05, 4.69) is 129 Å². The number of rotatable bonds is 7. The Labute approximate surface area is 312 Å². The Hall–Kier alpha value is -2.32. The Morgan fingerprint density at radius 1 is 0.673 bits per heavy atom. The maximum atomic E-state index is 9.15. The Kier molecular flexibility index (Phi) is 16.4. The molecule has 7 heteroatoms. The number of anilines is 1. The van der Waals surface area contributed by atoms with E-state index in [4.69, 9.17) is 14.2 Å². The van der Waals surface area contributed by atoms with Crippen LogP contribution in [-0.4, -0.2) is 18.7 Å². The van der Waals surface area contributed by atoms with Crippen LogP contribution in [0.15, 0.2) is 84.9 Å². The zero-order valence-corrected chi connectivity index (χ0v) is 34.9. The monoisotopic (exact) mass is 793 g/mol. The first-order valence-corrected chi connectivity index (χ1v) is 20.0. The minimum Gasteiger partial charge on any atom is -0.398 e. The quantitative estimate of drug-likeness (QED) is 0.0846. The van der Waals surface area contributed by atoms with Crippen LogP contribution in [0.2, 0.25) is 0 Å². The summed E-state index contributed by atoms with van der Waals surface area (Å²) in [5, 5.41) is 2.06. The van der Waals surface area contributed by atoms with Gasteiger partial charge in [-0.25, -0.2) is 0 Å². The van der Waals surface area contributed by atoms with E-state index in [1.165, 1.54) is 27.8 Å². The molecule has 0 spiro atoms. The molecule has 0 fully saturated rings. The average molecular weight is 794 g/mol. The van der Waals surface area contributed by atoms with Gasteiger partial charge < -0.3 is 5.73 Å². The Balaban J connectivity index is 0.000000359. The molecule has 0 saturated heterocycles. The molecule has 0 bridgehead atoms. The zero-order valence-electron chi connectivity index (χ0n) is 31.5. The van der Waals surface area contributed by atoms with Crippen LogP contribution in [0.25, 0.3) is 22.3 Å². The van der Waals surface area contributed by atoms with E-state index in [-0.39, 0.29) is 18.2 Å². The van der Waals surface area contributed by atoms with Crippen molar-refractivity contribution in [1.82, 2.24) is 0 Å². The number of hydrogen-bond donors (Lipinski definition) is 2. The number of nitrogens with two attached hydrogens (primary N) is 1. The van der Waals surface area contributed by atoms with Crippen molar-refractivity contribution in [3.8, 4) is 22.3 Å². The summed E-state index contributed by atoms with van der Waals surface area (Å²) in [4.78, 5) is 0. The molecule has 0 aliphatic rings. The van der Waals surface area contributed by atoms with Gasteiger partial charge in [0.2, 0.25) is 0 Å². The van der Waals surface area contributed by atoms with Crippen LogP contribution in [-0.2, 0) is 33.5 Å². The van der Waals surface area contributed by atoms with E-state index in [1.54, 1.807) is 5.30 Å². The molecule has 0 amide bonds. The molecule has 0 aliphatic carbocycles. The molecule has 0 heterocycles. The van der Waals surface area contributed by atoms with Crippen molar-refractivity contribution in [2.45, 2.75) is 111 Å². The third kappa shape index (κ3) is 12.2. The molecule has 4 aromatic rings. The smallest absolute Gasteiger partial charge is 0.0393 e. The van der Waals surface area contributed by atoms with Crippen LogP contribution in [0, 0.1) is 6.92 Å². The molecular formula is C42H58NO3PPdS. The van der Waals surface area contributed by atoms with E-state index >= 15 is 0 Å². The van der Waals surface area contributed by atoms with Gasteiger partial charge in [0.15, 0.2) is 0 Å². The van der Waals surface area contributed by atoms with E-state index in [0.717, 1.165) is 22.4 Å². The van der Waals surface area contributed by atoms with Gasteiger partial charge in [-0.15, -0.1) is 0 Å². The SMILES string of the molecule is CC(C)c1cc(C(C)C)c(-c2ccccc2P(C(C)(C)C)C(C)(C)C)c(C(C)C)c1.O=[SH](=O)[O][Pd].[CH2]c1ccccc1-c1ccccc1N. The molecule has 1 radical (unpaired) electrons. The molecule has 0 unspecified atom stereocenters. The molecular weight excluding hydrogens is 736 g/mol. The Morgan fingerprint density at radius 2 is 1.08 bits per heavy atom. The zero-order chi connectivity index (χ0) is 37.3. The number of para-hydroxylation sites is 1. The van der Waals surface area contributed by atoms with Crippen molar-refractivity contribution in [3.63, 3.8) is 0 Å². The van der Waals surface area contributed by atoms with Crippen molar-refractivity contribution in [2.75, 3.05) is 5.73 Å². The van der Waals surface area contributed by atoms with Crippen molar-refractivity contribution < 1.29 is 30.9 Å². The average Bonchev–Trinajstić information content (AvgIpc) is 3.00. The first kappa shape index (κ1) is 42.8. The van der Waals surface area contributed by atoms with Crippen LogP contribution < -0.4 is 11.0 Å². The minimum absolute atomic E-state index is 0.248. The summed E-state index contributed by atoms with van der Waals surface area (Å²) in [6.07, 6.45) is 0. The molecule has 4 nitrogen and oxygen atoms in total. The minimum atomic E-state index is -2.66. The van der Waals surface area contributed by atoms with Gasteiger partial charge in [0.05, 0.1) is 0 Å². The molecule has 4 aromatic carbocycles. The van der Waals surface area contributed by atoms with Gasteiger partial charge in [0.25, 0.3) is 0 Å². The van der Waals surface area contributed by atoms with Crippen molar-refractivity contribution in [2.24, 2.45) is 0 Å². The maximum absolute atomic E-state index is 9.15. The third-order valence-electron chi connectivity index (χ3n) is 8.20. The van der Waals surface area contributed by atoms with Crippen molar-refractivity contribution in [3.05, 3.63) is 114 Å². The molecule has 0 atom stereocenters. The van der Waals surface area contributed by atoms with Gasteiger partial charge in [-0.1, -0.05) is 170 Å². The first-order valence-electron chi connectivity index (χ1n) is 17.0. The number of benzene rings is 4. The standard InChI is InChI=1S/C29H45P.C13H12N.H2O3S.Pd/c1-19(2)22-17-24(20(3)4)27(25(18-22)21(5)6)23-15-13-14-16-26(23)30(28(7,8)9)29(10,11)12;1-10-6-2-3-7-11(10)12-8-4-5-9-13(12)14;1-4(2)3;/h13-21H,1-12H3;2-9H,1,14H2;4H,(H,1,2,3);/q;;;+1/p-1. The van der Waals surface area contributed by atoms with Gasteiger partial charge in [-0.05, 0) is 85.3 Å². The molecule has 0 saturated carbocycles. The van der Waals surface area contributed by atoms with Crippen LogP contribution in [0.4, 0.5) is 5.69 Å². The summed E-state index contributed by atoms with van der Waals surface area (Å²) in [5.74, 6) is 1.55. The summed E-state index contributed by atoms with van der Waals surface area (Å²) in [6.45, 7) is 32.6. The normalized spacial score (nSPS) is 11.9. The number of thiol groups is 1. The van der Waals surface area contributed by atoms with Crippen LogP contribution >= 0.6 is 7.92 Å². The maximum Gasteiger partial charge on any atom is 0.0393 e. The first-order chi connectivity index (χ1) is 22.7. The Bertz CT molecular complexity index is 1640. The van der Waals surface area contributed by atoms with Crippen LogP contribution in [0.3, 0.4) is 0 Å². The fourth-order valence-corrected chi connectivity index (χ4v) is 10.5. The summed E-state index contributed by atoms with van der Waals surface area (Å²) in [6, 6.07) is 30.1. The van der Waals surface area contributed by atoms with Crippen LogP contribution in [0.5, 0.6) is 0 Å². The molecule has 2 N–H and O–H groups in total. The fourth-order valence-electron chi connectivity index (χ4n) is 6.40. The molecule has 0 aliphatic heterocycles. The third-order valence-corrected chi connectivity index (χ3v) is 12.5. The van der Waals surface area contributed by atoms with Gasteiger partial charge in [0.1, 0.15) is 0 Å². The number of hydrogen-bond acceptors (Lipinski definition) is 4. The summed E-state index contributed by atoms with van der Waals surface area (Å²) in [5.41, 5.74) is 17.3. The number of nitrogen functional groups attached to an aromatic ring is 1. The second-order valence-corrected chi connectivity index (χ2v) is 20.5. The van der Waals surface area contributed by atoms with E-state index in [9.17, 15) is 0 Å². The van der Waals surface area contributed by atoms with Gasteiger partial charge in [-0.3, -0.25) is 0 Å². The van der Waals surface area contributed by atoms with Gasteiger partial charge in [0, 0.05) is 11.3 Å². The molecule has 0 aromatic heterocycles. The predicted molar refractivity (Wildman–Crippen MR) is 212 cm³/mol. The molecule has 4 rings (SSSR count). The van der Waals surface area contributed by atoms with Gasteiger partial charge >= 0.3 is 41.9 Å². The van der Waals surface area contributed by atoms with Crippen molar-refractivity contribution in [1.29, 1.82) is 0 Å². The van der Waals surface area contributed by atoms with Gasteiger partial charge in [-0.2, -0.15) is 0 Å². The Morgan fingerprint density at radius 3 is 1.47 bits per heavy atom. The van der Waals surface area contributed by atoms with E-state index in [1.807, 2.05) is 68.1 Å². The fraction of sp³-hybridized carbons (Fsp3) is 0.405. The topological polar surface area (TPSA) is 69.4 Å².